The molecule has 0 spiro atoms. The van der Waals surface area contributed by atoms with Gasteiger partial charge in [0.15, 0.2) is 0 Å². The van der Waals surface area contributed by atoms with Crippen LogP contribution in [0, 0.1) is 10.1 Å². The number of carboxylic acid groups (broad SMARTS) is 1. The standard InChI is InChI=1S/C23H23N3O4S/c27-22(28)11-9-17(23-24-18-6-2-3-7-21(18)31-23)14-16-8-10-19(20(15-16)26(29)30)25-12-4-1-5-13-25/h2-3,6-8,10,14-15H,1,4-5,9,11-13H2,(H,27,28)/b17-14-. The molecule has 1 fully saturated rings. The second-order valence-electron chi connectivity index (χ2n) is 7.60. The highest BCUT2D eigenvalue weighted by Crippen LogP contribution is 2.34. The molecule has 1 aliphatic rings. The fourth-order valence-corrected chi connectivity index (χ4v) is 4.88. The highest BCUT2D eigenvalue weighted by atomic mass is 32.1. The molecule has 8 heteroatoms. The Bertz CT molecular complexity index is 1120. The summed E-state index contributed by atoms with van der Waals surface area (Å²) in [5.41, 5.74) is 3.03. The largest absolute Gasteiger partial charge is 0.481 e. The van der Waals surface area contributed by atoms with Crippen LogP contribution in [0.1, 0.15) is 42.7 Å². The number of hydrogen-bond acceptors (Lipinski definition) is 6. The summed E-state index contributed by atoms with van der Waals surface area (Å²) in [7, 11) is 0. The van der Waals surface area contributed by atoms with Gasteiger partial charge in [0, 0.05) is 25.6 Å². The summed E-state index contributed by atoms with van der Waals surface area (Å²) in [6.07, 6.45) is 5.33. The lowest BCUT2D eigenvalue weighted by atomic mass is 10.0. The maximum Gasteiger partial charge on any atom is 0.303 e. The van der Waals surface area contributed by atoms with Gasteiger partial charge in [-0.15, -0.1) is 11.3 Å². The Balaban J connectivity index is 1.72. The van der Waals surface area contributed by atoms with Crippen molar-refractivity contribution >= 4 is 50.5 Å². The maximum atomic E-state index is 11.8. The molecule has 2 aromatic carbocycles. The Morgan fingerprint density at radius 3 is 2.65 bits per heavy atom. The predicted molar refractivity (Wildman–Crippen MR) is 124 cm³/mol. The van der Waals surface area contributed by atoms with Crippen LogP contribution in [0.2, 0.25) is 0 Å². The zero-order valence-corrected chi connectivity index (χ0v) is 17.8. The molecule has 0 aliphatic carbocycles. The second-order valence-corrected chi connectivity index (χ2v) is 8.63. The minimum Gasteiger partial charge on any atom is -0.481 e. The second kappa shape index (κ2) is 9.26. The zero-order chi connectivity index (χ0) is 21.8. The number of carbonyl (C=O) groups is 1. The molecule has 0 amide bonds. The number of allylic oxidation sites excluding steroid dienone is 1. The third kappa shape index (κ3) is 4.91. The van der Waals surface area contributed by atoms with E-state index in [0.717, 1.165) is 53.1 Å². The number of aromatic nitrogens is 1. The molecule has 1 saturated heterocycles. The minimum absolute atomic E-state index is 0.0320. The summed E-state index contributed by atoms with van der Waals surface area (Å²) in [5.74, 6) is -0.890. The molecular formula is C23H23N3O4S. The third-order valence-corrected chi connectivity index (χ3v) is 6.52. The average Bonchev–Trinajstić information content (AvgIpc) is 3.21. The van der Waals surface area contributed by atoms with E-state index in [1.165, 1.54) is 11.3 Å². The lowest BCUT2D eigenvalue weighted by Gasteiger charge is -2.28. The monoisotopic (exact) mass is 437 g/mol. The maximum absolute atomic E-state index is 11.8. The third-order valence-electron chi connectivity index (χ3n) is 5.41. The van der Waals surface area contributed by atoms with Crippen LogP contribution in [0.25, 0.3) is 21.9 Å². The molecule has 2 heterocycles. The van der Waals surface area contributed by atoms with Gasteiger partial charge in [-0.1, -0.05) is 18.2 Å². The molecule has 7 nitrogen and oxygen atoms in total. The Morgan fingerprint density at radius 2 is 1.94 bits per heavy atom. The first-order valence-corrected chi connectivity index (χ1v) is 11.1. The van der Waals surface area contributed by atoms with Crippen molar-refractivity contribution in [2.75, 3.05) is 18.0 Å². The van der Waals surface area contributed by atoms with Gasteiger partial charge < -0.3 is 10.0 Å². The van der Waals surface area contributed by atoms with Crippen LogP contribution in [0.4, 0.5) is 11.4 Å². The van der Waals surface area contributed by atoms with E-state index in [9.17, 15) is 20.0 Å². The number of rotatable bonds is 7. The molecule has 160 valence electrons. The average molecular weight is 438 g/mol. The van der Waals surface area contributed by atoms with Crippen molar-refractivity contribution in [2.24, 2.45) is 0 Å². The molecule has 0 radical (unpaired) electrons. The van der Waals surface area contributed by atoms with Crippen LogP contribution in [-0.4, -0.2) is 34.1 Å². The van der Waals surface area contributed by atoms with Gasteiger partial charge in [-0.3, -0.25) is 14.9 Å². The summed E-state index contributed by atoms with van der Waals surface area (Å²) in [6, 6.07) is 13.0. The number of nitro groups is 1. The Morgan fingerprint density at radius 1 is 1.16 bits per heavy atom. The van der Waals surface area contributed by atoms with E-state index < -0.39 is 5.97 Å². The SMILES string of the molecule is O=C(O)CC/C(=C/c1ccc(N2CCCCC2)c([N+](=O)[O-])c1)c1nc2ccccc2s1. The molecule has 1 aliphatic heterocycles. The van der Waals surface area contributed by atoms with E-state index in [0.29, 0.717) is 17.7 Å². The minimum atomic E-state index is -0.890. The van der Waals surface area contributed by atoms with E-state index in [2.05, 4.69) is 9.88 Å². The molecule has 0 bridgehead atoms. The molecular weight excluding hydrogens is 414 g/mol. The number of aliphatic carboxylic acids is 1. The number of anilines is 1. The van der Waals surface area contributed by atoms with Crippen molar-refractivity contribution < 1.29 is 14.8 Å². The van der Waals surface area contributed by atoms with Crippen LogP contribution in [0.5, 0.6) is 0 Å². The van der Waals surface area contributed by atoms with Crippen LogP contribution in [0.15, 0.2) is 42.5 Å². The normalized spacial score (nSPS) is 14.7. The number of nitrogens with zero attached hydrogens (tertiary/aromatic N) is 3. The number of thiazole rings is 1. The Labute approximate surface area is 183 Å². The lowest BCUT2D eigenvalue weighted by molar-refractivity contribution is -0.384. The number of para-hydroxylation sites is 1. The van der Waals surface area contributed by atoms with Crippen LogP contribution in [0.3, 0.4) is 0 Å². The fraction of sp³-hybridized carbons (Fsp3) is 0.304. The fourth-order valence-electron chi connectivity index (χ4n) is 3.87. The number of fused-ring (bicyclic) bond motifs is 1. The van der Waals surface area contributed by atoms with Crippen molar-refractivity contribution in [1.29, 1.82) is 0 Å². The van der Waals surface area contributed by atoms with Gasteiger partial charge in [0.1, 0.15) is 10.7 Å². The van der Waals surface area contributed by atoms with E-state index in [1.807, 2.05) is 42.5 Å². The lowest BCUT2D eigenvalue weighted by Crippen LogP contribution is -2.29. The van der Waals surface area contributed by atoms with Gasteiger partial charge in [0.25, 0.3) is 5.69 Å². The van der Waals surface area contributed by atoms with Crippen LogP contribution < -0.4 is 4.90 Å². The molecule has 0 saturated carbocycles. The first-order chi connectivity index (χ1) is 15.0. The van der Waals surface area contributed by atoms with Gasteiger partial charge in [0.05, 0.1) is 15.1 Å². The molecule has 31 heavy (non-hydrogen) atoms. The Kier molecular flexibility index (Phi) is 6.27. The summed E-state index contributed by atoms with van der Waals surface area (Å²) < 4.78 is 1.02. The van der Waals surface area contributed by atoms with E-state index >= 15 is 0 Å². The summed E-state index contributed by atoms with van der Waals surface area (Å²) in [5, 5.41) is 21.7. The molecule has 3 aromatic rings. The number of benzene rings is 2. The molecule has 0 atom stereocenters. The molecule has 1 N–H and O–H groups in total. The van der Waals surface area contributed by atoms with E-state index in [4.69, 9.17) is 0 Å². The molecule has 1 aromatic heterocycles. The van der Waals surface area contributed by atoms with Gasteiger partial charge in [-0.25, -0.2) is 4.98 Å². The Hall–Kier alpha value is -3.26. The van der Waals surface area contributed by atoms with E-state index in [-0.39, 0.29) is 17.0 Å². The van der Waals surface area contributed by atoms with E-state index in [1.54, 1.807) is 6.07 Å². The number of nitro benzene ring substituents is 1. The van der Waals surface area contributed by atoms with Gasteiger partial charge in [-0.2, -0.15) is 0 Å². The summed E-state index contributed by atoms with van der Waals surface area (Å²) in [4.78, 5) is 29.3. The summed E-state index contributed by atoms with van der Waals surface area (Å²) >= 11 is 1.50. The highest BCUT2D eigenvalue weighted by molar-refractivity contribution is 7.19. The molecule has 4 rings (SSSR count). The van der Waals surface area contributed by atoms with Crippen molar-refractivity contribution in [3.63, 3.8) is 0 Å². The van der Waals surface area contributed by atoms with Crippen molar-refractivity contribution in [1.82, 2.24) is 4.98 Å². The van der Waals surface area contributed by atoms with Crippen LogP contribution in [-0.2, 0) is 4.79 Å². The van der Waals surface area contributed by atoms with Crippen molar-refractivity contribution in [2.45, 2.75) is 32.1 Å². The zero-order valence-electron chi connectivity index (χ0n) is 17.0. The quantitative estimate of drug-likeness (QED) is 0.382. The van der Waals surface area contributed by atoms with Gasteiger partial charge in [-0.05, 0) is 61.1 Å². The molecule has 0 unspecified atom stereocenters. The number of carboxylic acids is 1. The van der Waals surface area contributed by atoms with Gasteiger partial charge in [0.2, 0.25) is 0 Å². The van der Waals surface area contributed by atoms with Gasteiger partial charge >= 0.3 is 5.97 Å². The van der Waals surface area contributed by atoms with Crippen molar-refractivity contribution in [3.05, 3.63) is 63.1 Å². The highest BCUT2D eigenvalue weighted by Gasteiger charge is 2.21. The van der Waals surface area contributed by atoms with Crippen molar-refractivity contribution in [3.8, 4) is 0 Å². The smallest absolute Gasteiger partial charge is 0.303 e. The summed E-state index contributed by atoms with van der Waals surface area (Å²) in [6.45, 7) is 1.65. The first-order valence-electron chi connectivity index (χ1n) is 10.3. The number of piperidine rings is 1. The first kappa shape index (κ1) is 21.0. The number of hydrogen-bond donors (Lipinski definition) is 1. The topological polar surface area (TPSA) is 96.6 Å². The predicted octanol–water partition coefficient (Wildman–Crippen LogP) is 5.60. The van der Waals surface area contributed by atoms with Crippen LogP contribution >= 0.6 is 11.3 Å².